The van der Waals surface area contributed by atoms with Crippen LogP contribution in [-0.4, -0.2) is 36.0 Å². The summed E-state index contributed by atoms with van der Waals surface area (Å²) in [5, 5.41) is 10.8. The number of benzene rings is 2. The van der Waals surface area contributed by atoms with Crippen LogP contribution < -0.4 is 21.3 Å². The standard InChI is InChI=1S/C24H30N4O5/c1-16(29)27-19-10-7-9-17(14-19)22(31)28-20-11-6-5-8-18(20)15-26-21(30)12-13-25-23(32)33-24(2,3)4/h5-11,14H,12-13,15H2,1-4H3,(H,25,32)(H,26,30)(H,27,29)(H,28,31). The van der Waals surface area contributed by atoms with Gasteiger partial charge < -0.3 is 26.0 Å². The Bertz CT molecular complexity index is 1010. The van der Waals surface area contributed by atoms with Crippen LogP contribution in [0, 0.1) is 0 Å². The van der Waals surface area contributed by atoms with Gasteiger partial charge in [-0.1, -0.05) is 24.3 Å². The van der Waals surface area contributed by atoms with Gasteiger partial charge in [-0.25, -0.2) is 4.79 Å². The number of alkyl carbamates (subject to hydrolysis) is 1. The van der Waals surface area contributed by atoms with Crippen molar-refractivity contribution in [3.05, 3.63) is 59.7 Å². The van der Waals surface area contributed by atoms with Crippen LogP contribution in [0.1, 0.15) is 50.0 Å². The number of hydrogen-bond donors (Lipinski definition) is 4. The van der Waals surface area contributed by atoms with Crippen molar-refractivity contribution < 1.29 is 23.9 Å². The number of anilines is 2. The first-order valence-corrected chi connectivity index (χ1v) is 10.5. The lowest BCUT2D eigenvalue weighted by molar-refractivity contribution is -0.121. The Morgan fingerprint density at radius 3 is 2.33 bits per heavy atom. The van der Waals surface area contributed by atoms with Gasteiger partial charge in [0, 0.05) is 43.4 Å². The van der Waals surface area contributed by atoms with Gasteiger partial charge in [0.1, 0.15) is 5.60 Å². The van der Waals surface area contributed by atoms with Crippen molar-refractivity contribution >= 4 is 35.2 Å². The molecule has 9 nitrogen and oxygen atoms in total. The Balaban J connectivity index is 1.90. The summed E-state index contributed by atoms with van der Waals surface area (Å²) in [5.41, 5.74) is 1.58. The average Bonchev–Trinajstić information content (AvgIpc) is 2.71. The number of ether oxygens (including phenoxy) is 1. The average molecular weight is 455 g/mol. The van der Waals surface area contributed by atoms with Gasteiger partial charge in [-0.05, 0) is 50.6 Å². The minimum atomic E-state index is -0.605. The number of para-hydroxylation sites is 1. The fourth-order valence-corrected chi connectivity index (χ4v) is 2.81. The molecule has 4 amide bonds. The highest BCUT2D eigenvalue weighted by Crippen LogP contribution is 2.18. The summed E-state index contributed by atoms with van der Waals surface area (Å²) < 4.78 is 5.12. The number of amides is 4. The molecule has 2 rings (SSSR count). The van der Waals surface area contributed by atoms with E-state index in [0.717, 1.165) is 5.56 Å². The minimum Gasteiger partial charge on any atom is -0.444 e. The third-order valence-electron chi connectivity index (χ3n) is 4.21. The Morgan fingerprint density at radius 2 is 1.64 bits per heavy atom. The summed E-state index contributed by atoms with van der Waals surface area (Å²) >= 11 is 0. The predicted molar refractivity (Wildman–Crippen MR) is 126 cm³/mol. The zero-order chi connectivity index (χ0) is 24.4. The Morgan fingerprint density at radius 1 is 0.909 bits per heavy atom. The van der Waals surface area contributed by atoms with Crippen LogP contribution in [0.25, 0.3) is 0 Å². The number of carbonyl (C=O) groups excluding carboxylic acids is 4. The quantitative estimate of drug-likeness (QED) is 0.486. The molecule has 2 aromatic rings. The van der Waals surface area contributed by atoms with E-state index < -0.39 is 11.7 Å². The van der Waals surface area contributed by atoms with Gasteiger partial charge in [0.2, 0.25) is 11.8 Å². The van der Waals surface area contributed by atoms with Gasteiger partial charge in [-0.2, -0.15) is 0 Å². The van der Waals surface area contributed by atoms with E-state index in [4.69, 9.17) is 4.74 Å². The molecule has 33 heavy (non-hydrogen) atoms. The molecular formula is C24H30N4O5. The van der Waals surface area contributed by atoms with E-state index in [1.54, 1.807) is 69.3 Å². The van der Waals surface area contributed by atoms with Crippen LogP contribution in [-0.2, 0) is 20.9 Å². The number of nitrogens with one attached hydrogen (secondary N) is 4. The van der Waals surface area contributed by atoms with Crippen molar-refractivity contribution in [2.75, 3.05) is 17.2 Å². The van der Waals surface area contributed by atoms with Crippen molar-refractivity contribution in [2.24, 2.45) is 0 Å². The van der Waals surface area contributed by atoms with E-state index >= 15 is 0 Å². The number of carbonyl (C=O) groups is 4. The first kappa shape index (κ1) is 25.4. The molecule has 0 aromatic heterocycles. The van der Waals surface area contributed by atoms with Crippen molar-refractivity contribution in [1.82, 2.24) is 10.6 Å². The van der Waals surface area contributed by atoms with Crippen molar-refractivity contribution in [1.29, 1.82) is 0 Å². The largest absolute Gasteiger partial charge is 0.444 e. The predicted octanol–water partition coefficient (Wildman–Crippen LogP) is 3.43. The van der Waals surface area contributed by atoms with Gasteiger partial charge in [-0.15, -0.1) is 0 Å². The lowest BCUT2D eigenvalue weighted by Crippen LogP contribution is -2.35. The van der Waals surface area contributed by atoms with E-state index in [1.165, 1.54) is 6.92 Å². The van der Waals surface area contributed by atoms with Crippen LogP contribution >= 0.6 is 0 Å². The summed E-state index contributed by atoms with van der Waals surface area (Å²) in [4.78, 5) is 47.7. The second-order valence-corrected chi connectivity index (χ2v) is 8.33. The molecular weight excluding hydrogens is 424 g/mol. The molecule has 176 valence electrons. The molecule has 0 spiro atoms. The van der Waals surface area contributed by atoms with Crippen molar-refractivity contribution in [3.8, 4) is 0 Å². The highest BCUT2D eigenvalue weighted by Gasteiger charge is 2.16. The molecule has 2 aromatic carbocycles. The first-order chi connectivity index (χ1) is 15.5. The maximum atomic E-state index is 12.7. The Hall–Kier alpha value is -3.88. The van der Waals surface area contributed by atoms with E-state index in [-0.39, 0.29) is 37.2 Å². The zero-order valence-corrected chi connectivity index (χ0v) is 19.3. The summed E-state index contributed by atoms with van der Waals surface area (Å²) in [6.07, 6.45) is -0.491. The molecule has 0 bridgehead atoms. The van der Waals surface area contributed by atoms with Crippen LogP contribution in [0.5, 0.6) is 0 Å². The first-order valence-electron chi connectivity index (χ1n) is 10.5. The molecule has 0 aliphatic heterocycles. The second-order valence-electron chi connectivity index (χ2n) is 8.33. The lowest BCUT2D eigenvalue weighted by atomic mass is 10.1. The SMILES string of the molecule is CC(=O)Nc1cccc(C(=O)Nc2ccccc2CNC(=O)CCNC(=O)OC(C)(C)C)c1. The smallest absolute Gasteiger partial charge is 0.407 e. The Labute approximate surface area is 193 Å². The summed E-state index contributed by atoms with van der Waals surface area (Å²) in [6, 6.07) is 13.7. The summed E-state index contributed by atoms with van der Waals surface area (Å²) in [6.45, 7) is 7.02. The number of rotatable bonds is 8. The van der Waals surface area contributed by atoms with E-state index in [9.17, 15) is 19.2 Å². The fraction of sp³-hybridized carbons (Fsp3) is 0.333. The molecule has 0 aliphatic carbocycles. The molecule has 0 saturated carbocycles. The summed E-state index contributed by atoms with van der Waals surface area (Å²) in [5.74, 6) is -0.826. The highest BCUT2D eigenvalue weighted by atomic mass is 16.6. The Kier molecular flexibility index (Phi) is 8.97. The van der Waals surface area contributed by atoms with Crippen LogP contribution in [0.2, 0.25) is 0 Å². The molecule has 9 heteroatoms. The van der Waals surface area contributed by atoms with Gasteiger partial charge in [0.05, 0.1) is 0 Å². The molecule has 0 fully saturated rings. The van der Waals surface area contributed by atoms with Crippen LogP contribution in [0.3, 0.4) is 0 Å². The molecule has 0 aliphatic rings. The highest BCUT2D eigenvalue weighted by molar-refractivity contribution is 6.05. The maximum Gasteiger partial charge on any atom is 0.407 e. The fourth-order valence-electron chi connectivity index (χ4n) is 2.81. The normalized spacial score (nSPS) is 10.7. The molecule has 0 radical (unpaired) electrons. The van der Waals surface area contributed by atoms with Gasteiger partial charge in [0.15, 0.2) is 0 Å². The minimum absolute atomic E-state index is 0.0870. The van der Waals surface area contributed by atoms with E-state index in [0.29, 0.717) is 16.9 Å². The third kappa shape index (κ3) is 9.42. The number of hydrogen-bond acceptors (Lipinski definition) is 5. The van der Waals surface area contributed by atoms with E-state index in [2.05, 4.69) is 21.3 Å². The lowest BCUT2D eigenvalue weighted by Gasteiger charge is -2.19. The second kappa shape index (κ2) is 11.7. The van der Waals surface area contributed by atoms with Crippen molar-refractivity contribution in [2.45, 2.75) is 46.3 Å². The summed E-state index contributed by atoms with van der Waals surface area (Å²) in [7, 11) is 0. The van der Waals surface area contributed by atoms with Gasteiger partial charge >= 0.3 is 6.09 Å². The van der Waals surface area contributed by atoms with Gasteiger partial charge in [-0.3, -0.25) is 14.4 Å². The van der Waals surface area contributed by atoms with Crippen LogP contribution in [0.15, 0.2) is 48.5 Å². The topological polar surface area (TPSA) is 126 Å². The maximum absolute atomic E-state index is 12.7. The molecule has 0 atom stereocenters. The monoisotopic (exact) mass is 454 g/mol. The van der Waals surface area contributed by atoms with Gasteiger partial charge in [0.25, 0.3) is 5.91 Å². The van der Waals surface area contributed by atoms with Crippen molar-refractivity contribution in [3.63, 3.8) is 0 Å². The molecule has 0 unspecified atom stereocenters. The molecule has 4 N–H and O–H groups in total. The third-order valence-corrected chi connectivity index (χ3v) is 4.21. The molecule has 0 heterocycles. The molecule has 0 saturated heterocycles. The zero-order valence-electron chi connectivity index (χ0n) is 19.3. The van der Waals surface area contributed by atoms with Crippen LogP contribution in [0.4, 0.5) is 16.2 Å². The van der Waals surface area contributed by atoms with E-state index in [1.807, 2.05) is 0 Å².